The molecule has 0 heterocycles. The third-order valence-corrected chi connectivity index (χ3v) is 3.47. The van der Waals surface area contributed by atoms with Crippen LogP contribution in [0.4, 0.5) is 0 Å². The van der Waals surface area contributed by atoms with Crippen molar-refractivity contribution < 1.29 is 32.7 Å². The van der Waals surface area contributed by atoms with Gasteiger partial charge in [-0.25, -0.2) is 0 Å². The molecule has 18 heavy (non-hydrogen) atoms. The predicted molar refractivity (Wildman–Crippen MR) is 61.7 cm³/mol. The molecular formula is C10H16O7S. The van der Waals surface area contributed by atoms with Crippen molar-refractivity contribution in [3.8, 4) is 0 Å². The van der Waals surface area contributed by atoms with E-state index in [4.69, 9.17) is 19.7 Å². The smallest absolute Gasteiger partial charge is 0.299 e. The van der Waals surface area contributed by atoms with Gasteiger partial charge >= 0.3 is 0 Å². The van der Waals surface area contributed by atoms with Crippen LogP contribution in [-0.4, -0.2) is 40.7 Å². The lowest BCUT2D eigenvalue weighted by atomic mass is 10.1. The summed E-state index contributed by atoms with van der Waals surface area (Å²) in [5.74, 6) is 0.249. The number of hydrogen-bond donors (Lipinski definition) is 3. The molecule has 1 aliphatic carbocycles. The van der Waals surface area contributed by atoms with E-state index in [-0.39, 0.29) is 12.2 Å². The first-order chi connectivity index (χ1) is 8.16. The minimum Gasteiger partial charge on any atom is -0.466 e. The van der Waals surface area contributed by atoms with Gasteiger partial charge in [-0.15, -0.1) is 0 Å². The molecule has 0 spiro atoms. The highest BCUT2D eigenvalue weighted by atomic mass is 32.2. The van der Waals surface area contributed by atoms with Crippen LogP contribution >= 0.6 is 0 Å². The van der Waals surface area contributed by atoms with Gasteiger partial charge in [0.15, 0.2) is 12.6 Å². The van der Waals surface area contributed by atoms with Crippen molar-refractivity contribution in [1.29, 1.82) is 0 Å². The molecule has 0 aliphatic heterocycles. The fourth-order valence-corrected chi connectivity index (χ4v) is 2.30. The number of aliphatic hydroxyl groups is 2. The van der Waals surface area contributed by atoms with Crippen LogP contribution in [0, 0.1) is 0 Å². The second-order valence-corrected chi connectivity index (χ2v) is 5.51. The van der Waals surface area contributed by atoms with E-state index in [9.17, 15) is 13.0 Å². The molecular weight excluding hydrogens is 264 g/mol. The Morgan fingerprint density at radius 2 is 1.94 bits per heavy atom. The second-order valence-electron chi connectivity index (χ2n) is 3.87. The van der Waals surface area contributed by atoms with Crippen molar-refractivity contribution >= 4 is 10.1 Å². The van der Waals surface area contributed by atoms with Crippen LogP contribution in [-0.2, 0) is 19.6 Å². The van der Waals surface area contributed by atoms with Crippen molar-refractivity contribution in [2.24, 2.45) is 0 Å². The van der Waals surface area contributed by atoms with Gasteiger partial charge in [0.05, 0.1) is 0 Å². The third-order valence-electron chi connectivity index (χ3n) is 2.20. The monoisotopic (exact) mass is 280 g/mol. The molecule has 0 aromatic heterocycles. The normalized spacial score (nSPS) is 27.5. The lowest BCUT2D eigenvalue weighted by Gasteiger charge is -2.30. The zero-order valence-electron chi connectivity index (χ0n) is 9.98. The number of aliphatic hydroxyl groups excluding tert-OH is 2. The Bertz CT molecular complexity index is 449. The SMILES string of the molecule is CC(O)OC1=CCC(OC(C)O)(S(=O)(=O)O)C=C1. The minimum absolute atomic E-state index is 0.241. The third kappa shape index (κ3) is 3.53. The van der Waals surface area contributed by atoms with E-state index >= 15 is 0 Å². The Morgan fingerprint density at radius 1 is 1.33 bits per heavy atom. The molecule has 3 N–H and O–H groups in total. The summed E-state index contributed by atoms with van der Waals surface area (Å²) in [7, 11) is -4.57. The van der Waals surface area contributed by atoms with Crippen LogP contribution in [0.3, 0.4) is 0 Å². The van der Waals surface area contributed by atoms with Gasteiger partial charge in [-0.3, -0.25) is 4.55 Å². The summed E-state index contributed by atoms with van der Waals surface area (Å²) in [6.07, 6.45) is 0.984. The molecule has 7 nitrogen and oxygen atoms in total. The molecule has 104 valence electrons. The van der Waals surface area contributed by atoms with Gasteiger partial charge in [-0.05, 0) is 32.1 Å². The first kappa shape index (κ1) is 15.1. The molecule has 0 saturated heterocycles. The predicted octanol–water partition coefficient (Wildman–Crippen LogP) is 0.124. The van der Waals surface area contributed by atoms with E-state index in [1.165, 1.54) is 26.0 Å². The van der Waals surface area contributed by atoms with Crippen molar-refractivity contribution in [2.45, 2.75) is 37.8 Å². The van der Waals surface area contributed by atoms with E-state index in [0.29, 0.717) is 0 Å². The van der Waals surface area contributed by atoms with E-state index in [1.807, 2.05) is 0 Å². The molecule has 0 aromatic rings. The minimum atomic E-state index is -4.57. The lowest BCUT2D eigenvalue weighted by Crippen LogP contribution is -2.42. The Balaban J connectivity index is 2.95. The highest BCUT2D eigenvalue weighted by molar-refractivity contribution is 7.87. The van der Waals surface area contributed by atoms with Crippen LogP contribution in [0.2, 0.25) is 0 Å². The van der Waals surface area contributed by atoms with E-state index < -0.39 is 27.6 Å². The Labute approximate surface area is 105 Å². The summed E-state index contributed by atoms with van der Waals surface area (Å²) >= 11 is 0. The van der Waals surface area contributed by atoms with E-state index in [0.717, 1.165) is 6.08 Å². The van der Waals surface area contributed by atoms with Gasteiger partial charge in [-0.1, -0.05) is 0 Å². The number of ether oxygens (including phenoxy) is 2. The molecule has 0 aromatic carbocycles. The average molecular weight is 280 g/mol. The first-order valence-corrected chi connectivity index (χ1v) is 6.67. The summed E-state index contributed by atoms with van der Waals surface area (Å²) < 4.78 is 41.6. The molecule has 1 rings (SSSR count). The number of allylic oxidation sites excluding steroid dienone is 1. The van der Waals surface area contributed by atoms with E-state index in [1.54, 1.807) is 0 Å². The molecule has 0 saturated carbocycles. The molecule has 1 aliphatic rings. The molecule has 0 bridgehead atoms. The molecule has 0 fully saturated rings. The first-order valence-electron chi connectivity index (χ1n) is 5.23. The van der Waals surface area contributed by atoms with Crippen LogP contribution in [0.5, 0.6) is 0 Å². The Hall–Kier alpha value is -0.930. The second kappa shape index (κ2) is 5.37. The number of hydrogen-bond acceptors (Lipinski definition) is 6. The van der Waals surface area contributed by atoms with Gasteiger partial charge in [0, 0.05) is 6.42 Å². The standard InChI is InChI=1S/C10H16O7S/c1-7(11)16-9-3-5-10(6-4-9,17-8(2)12)18(13,14)15/h3-5,7-8,11-12H,6H2,1-2H3,(H,13,14,15). The van der Waals surface area contributed by atoms with Gasteiger partial charge in [0.1, 0.15) is 5.76 Å². The fraction of sp³-hybridized carbons (Fsp3) is 0.600. The highest BCUT2D eigenvalue weighted by Crippen LogP contribution is 2.31. The van der Waals surface area contributed by atoms with Gasteiger partial charge in [-0.2, -0.15) is 8.42 Å². The van der Waals surface area contributed by atoms with Crippen LogP contribution in [0.1, 0.15) is 20.3 Å². The summed E-state index contributed by atoms with van der Waals surface area (Å²) in [5, 5.41) is 18.1. The molecule has 8 heteroatoms. The Morgan fingerprint density at radius 3 is 2.28 bits per heavy atom. The van der Waals surface area contributed by atoms with Gasteiger partial charge in [0.25, 0.3) is 10.1 Å². The van der Waals surface area contributed by atoms with Crippen molar-refractivity contribution in [3.05, 3.63) is 24.0 Å². The zero-order chi connectivity index (χ0) is 14.0. The summed E-state index contributed by atoms with van der Waals surface area (Å²) in [4.78, 5) is -2.03. The summed E-state index contributed by atoms with van der Waals surface area (Å²) in [6, 6.07) is 0. The Kier molecular flexibility index (Phi) is 4.51. The topological polar surface area (TPSA) is 113 Å². The van der Waals surface area contributed by atoms with Crippen molar-refractivity contribution in [3.63, 3.8) is 0 Å². The maximum Gasteiger partial charge on any atom is 0.299 e. The van der Waals surface area contributed by atoms with Crippen LogP contribution < -0.4 is 0 Å². The van der Waals surface area contributed by atoms with E-state index in [2.05, 4.69) is 0 Å². The van der Waals surface area contributed by atoms with Gasteiger partial charge in [0.2, 0.25) is 4.93 Å². The quantitative estimate of drug-likeness (QED) is 0.484. The van der Waals surface area contributed by atoms with Crippen molar-refractivity contribution in [2.75, 3.05) is 0 Å². The average Bonchev–Trinajstić information content (AvgIpc) is 2.17. The summed E-state index contributed by atoms with van der Waals surface area (Å²) in [6.45, 7) is 2.62. The highest BCUT2D eigenvalue weighted by Gasteiger charge is 2.44. The lowest BCUT2D eigenvalue weighted by molar-refractivity contribution is -0.127. The van der Waals surface area contributed by atoms with Crippen LogP contribution in [0.15, 0.2) is 24.0 Å². The maximum absolute atomic E-state index is 11.3. The summed E-state index contributed by atoms with van der Waals surface area (Å²) in [5.41, 5.74) is 0. The van der Waals surface area contributed by atoms with Gasteiger partial charge < -0.3 is 19.7 Å². The molecule has 0 amide bonds. The zero-order valence-corrected chi connectivity index (χ0v) is 10.8. The largest absolute Gasteiger partial charge is 0.466 e. The van der Waals surface area contributed by atoms with Crippen LogP contribution in [0.25, 0.3) is 0 Å². The number of rotatable bonds is 5. The molecule has 3 unspecified atom stereocenters. The fourth-order valence-electron chi connectivity index (χ4n) is 1.50. The molecule has 0 radical (unpaired) electrons. The maximum atomic E-state index is 11.3. The molecule has 3 atom stereocenters. The van der Waals surface area contributed by atoms with Crippen molar-refractivity contribution in [1.82, 2.24) is 0 Å².